The summed E-state index contributed by atoms with van der Waals surface area (Å²) in [6.45, 7) is 3.22. The maximum atomic E-state index is 12.2. The van der Waals surface area contributed by atoms with Gasteiger partial charge in [0, 0.05) is 18.4 Å². The van der Waals surface area contributed by atoms with Crippen molar-refractivity contribution in [1.29, 1.82) is 0 Å². The molecule has 0 aromatic heterocycles. The van der Waals surface area contributed by atoms with E-state index in [1.807, 2.05) is 6.92 Å². The van der Waals surface area contributed by atoms with Crippen molar-refractivity contribution >= 4 is 33.4 Å². The number of benzene rings is 1. The van der Waals surface area contributed by atoms with E-state index >= 15 is 0 Å². The van der Waals surface area contributed by atoms with Gasteiger partial charge in [0.2, 0.25) is 0 Å². The van der Waals surface area contributed by atoms with E-state index in [9.17, 15) is 9.90 Å². The molecule has 1 aromatic rings. The fourth-order valence-electron chi connectivity index (χ4n) is 1.50. The SMILES string of the molecule is CCN(CCCBr)C(=O)c1cc(O)ccc1Cl. The molecule has 0 heterocycles. The fourth-order valence-corrected chi connectivity index (χ4v) is 1.95. The molecule has 5 heteroatoms. The van der Waals surface area contributed by atoms with Crippen LogP contribution in [-0.2, 0) is 0 Å². The molecule has 0 radical (unpaired) electrons. The third-order valence-electron chi connectivity index (χ3n) is 2.41. The Balaban J connectivity index is 2.89. The van der Waals surface area contributed by atoms with Gasteiger partial charge in [-0.1, -0.05) is 27.5 Å². The molecular weight excluding hydrogens is 305 g/mol. The topological polar surface area (TPSA) is 40.5 Å². The molecule has 0 aliphatic carbocycles. The molecule has 0 saturated carbocycles. The Labute approximate surface area is 115 Å². The number of phenolic OH excluding ortho intramolecular Hbond substituents is 1. The molecule has 0 bridgehead atoms. The van der Waals surface area contributed by atoms with Crippen LogP contribution in [0.1, 0.15) is 23.7 Å². The number of alkyl halides is 1. The molecule has 17 heavy (non-hydrogen) atoms. The van der Waals surface area contributed by atoms with Crippen LogP contribution in [-0.4, -0.2) is 34.3 Å². The van der Waals surface area contributed by atoms with Gasteiger partial charge in [-0.3, -0.25) is 4.79 Å². The van der Waals surface area contributed by atoms with E-state index in [1.165, 1.54) is 18.2 Å². The van der Waals surface area contributed by atoms with Crippen LogP contribution in [0.25, 0.3) is 0 Å². The van der Waals surface area contributed by atoms with Gasteiger partial charge in [0.15, 0.2) is 0 Å². The third-order valence-corrected chi connectivity index (χ3v) is 3.30. The number of carbonyl (C=O) groups excluding carboxylic acids is 1. The molecule has 1 aromatic carbocycles. The second-order valence-electron chi connectivity index (χ2n) is 3.59. The summed E-state index contributed by atoms with van der Waals surface area (Å²) in [7, 11) is 0. The van der Waals surface area contributed by atoms with Crippen LogP contribution >= 0.6 is 27.5 Å². The Hall–Kier alpha value is -0.740. The summed E-state index contributed by atoms with van der Waals surface area (Å²) in [6, 6.07) is 4.40. The highest BCUT2D eigenvalue weighted by Gasteiger charge is 2.17. The first kappa shape index (κ1) is 14.3. The number of rotatable bonds is 5. The second-order valence-corrected chi connectivity index (χ2v) is 4.79. The summed E-state index contributed by atoms with van der Waals surface area (Å²) in [6.07, 6.45) is 0.885. The summed E-state index contributed by atoms with van der Waals surface area (Å²) < 4.78 is 0. The van der Waals surface area contributed by atoms with Gasteiger partial charge in [-0.25, -0.2) is 0 Å². The van der Waals surface area contributed by atoms with Crippen LogP contribution in [0.15, 0.2) is 18.2 Å². The highest BCUT2D eigenvalue weighted by atomic mass is 79.9. The van der Waals surface area contributed by atoms with E-state index in [0.717, 1.165) is 11.8 Å². The third kappa shape index (κ3) is 3.89. The summed E-state index contributed by atoms with van der Waals surface area (Å²) in [4.78, 5) is 13.9. The Kier molecular flexibility index (Phi) is 5.78. The van der Waals surface area contributed by atoms with E-state index < -0.39 is 0 Å². The summed E-state index contributed by atoms with van der Waals surface area (Å²) in [5, 5.41) is 10.6. The molecular formula is C12H15BrClNO2. The number of hydrogen-bond donors (Lipinski definition) is 1. The average Bonchev–Trinajstić information content (AvgIpc) is 2.33. The monoisotopic (exact) mass is 319 g/mol. The van der Waals surface area contributed by atoms with Crippen molar-refractivity contribution < 1.29 is 9.90 Å². The Morgan fingerprint density at radius 2 is 2.24 bits per heavy atom. The lowest BCUT2D eigenvalue weighted by Gasteiger charge is -2.21. The highest BCUT2D eigenvalue weighted by Crippen LogP contribution is 2.22. The van der Waals surface area contributed by atoms with Crippen LogP contribution in [0.2, 0.25) is 5.02 Å². The maximum Gasteiger partial charge on any atom is 0.255 e. The van der Waals surface area contributed by atoms with Crippen molar-refractivity contribution in [2.45, 2.75) is 13.3 Å². The van der Waals surface area contributed by atoms with Crippen LogP contribution in [0.5, 0.6) is 5.75 Å². The normalized spacial score (nSPS) is 10.3. The summed E-state index contributed by atoms with van der Waals surface area (Å²) in [5.74, 6) is -0.0938. The van der Waals surface area contributed by atoms with Crippen LogP contribution in [0, 0.1) is 0 Å². The summed E-state index contributed by atoms with van der Waals surface area (Å²) in [5.41, 5.74) is 0.350. The summed E-state index contributed by atoms with van der Waals surface area (Å²) >= 11 is 9.29. The van der Waals surface area contributed by atoms with Crippen molar-refractivity contribution in [1.82, 2.24) is 4.90 Å². The van der Waals surface area contributed by atoms with Gasteiger partial charge >= 0.3 is 0 Å². The van der Waals surface area contributed by atoms with Gasteiger partial charge in [0.25, 0.3) is 5.91 Å². The quantitative estimate of drug-likeness (QED) is 0.846. The van der Waals surface area contributed by atoms with Crippen molar-refractivity contribution in [3.63, 3.8) is 0 Å². The second kappa shape index (κ2) is 6.87. The molecule has 0 saturated heterocycles. The molecule has 94 valence electrons. The van der Waals surface area contributed by atoms with E-state index in [2.05, 4.69) is 15.9 Å². The minimum absolute atomic E-state index is 0.0503. The molecule has 3 nitrogen and oxygen atoms in total. The molecule has 1 amide bonds. The van der Waals surface area contributed by atoms with Crippen molar-refractivity contribution in [2.75, 3.05) is 18.4 Å². The minimum atomic E-state index is -0.144. The predicted molar refractivity (Wildman–Crippen MR) is 73.1 cm³/mol. The molecule has 0 spiro atoms. The van der Waals surface area contributed by atoms with E-state index in [0.29, 0.717) is 23.7 Å². The van der Waals surface area contributed by atoms with Crippen LogP contribution in [0.3, 0.4) is 0 Å². The molecule has 0 unspecified atom stereocenters. The predicted octanol–water partition coefficient (Wildman–Crippen LogP) is 3.29. The lowest BCUT2D eigenvalue weighted by molar-refractivity contribution is 0.0765. The molecule has 1 rings (SSSR count). The molecule has 0 aliphatic rings. The molecule has 0 fully saturated rings. The van der Waals surface area contributed by atoms with E-state index in [1.54, 1.807) is 4.90 Å². The highest BCUT2D eigenvalue weighted by molar-refractivity contribution is 9.09. The first-order chi connectivity index (χ1) is 8.10. The average molecular weight is 321 g/mol. The van der Waals surface area contributed by atoms with Crippen LogP contribution in [0.4, 0.5) is 0 Å². The number of amides is 1. The van der Waals surface area contributed by atoms with Gasteiger partial charge in [0.05, 0.1) is 10.6 Å². The zero-order valence-electron chi connectivity index (χ0n) is 9.62. The smallest absolute Gasteiger partial charge is 0.255 e. The maximum absolute atomic E-state index is 12.2. The van der Waals surface area contributed by atoms with Gasteiger partial charge in [0.1, 0.15) is 5.75 Å². The fraction of sp³-hybridized carbons (Fsp3) is 0.417. The molecule has 1 N–H and O–H groups in total. The zero-order valence-corrected chi connectivity index (χ0v) is 12.0. The number of nitrogens with zero attached hydrogens (tertiary/aromatic N) is 1. The number of aromatic hydroxyl groups is 1. The van der Waals surface area contributed by atoms with Gasteiger partial charge in [-0.15, -0.1) is 0 Å². The first-order valence-corrected chi connectivity index (χ1v) is 6.93. The number of halogens is 2. The van der Waals surface area contributed by atoms with Crippen LogP contribution < -0.4 is 0 Å². The molecule has 0 aliphatic heterocycles. The Bertz CT molecular complexity index is 398. The Morgan fingerprint density at radius 1 is 1.53 bits per heavy atom. The van der Waals surface area contributed by atoms with Crippen molar-refractivity contribution in [3.8, 4) is 5.75 Å². The van der Waals surface area contributed by atoms with E-state index in [-0.39, 0.29) is 11.7 Å². The van der Waals surface area contributed by atoms with Crippen molar-refractivity contribution in [2.24, 2.45) is 0 Å². The first-order valence-electron chi connectivity index (χ1n) is 5.44. The van der Waals surface area contributed by atoms with Gasteiger partial charge < -0.3 is 10.0 Å². The zero-order chi connectivity index (χ0) is 12.8. The number of carbonyl (C=O) groups is 1. The lowest BCUT2D eigenvalue weighted by atomic mass is 10.2. The molecule has 0 atom stereocenters. The minimum Gasteiger partial charge on any atom is -0.508 e. The van der Waals surface area contributed by atoms with E-state index in [4.69, 9.17) is 11.6 Å². The van der Waals surface area contributed by atoms with Crippen molar-refractivity contribution in [3.05, 3.63) is 28.8 Å². The van der Waals surface area contributed by atoms with Gasteiger partial charge in [-0.2, -0.15) is 0 Å². The van der Waals surface area contributed by atoms with Gasteiger partial charge in [-0.05, 0) is 31.5 Å². The largest absolute Gasteiger partial charge is 0.508 e. The number of hydrogen-bond acceptors (Lipinski definition) is 2. The Morgan fingerprint density at radius 3 is 2.82 bits per heavy atom. The lowest BCUT2D eigenvalue weighted by Crippen LogP contribution is -2.32. The number of phenols is 1. The standard InChI is InChI=1S/C12H15BrClNO2/c1-2-15(7-3-6-13)12(17)10-8-9(16)4-5-11(10)14/h4-5,8,16H,2-3,6-7H2,1H3.